The van der Waals surface area contributed by atoms with Crippen LogP contribution in [0.25, 0.3) is 22.6 Å². The number of alkyl halides is 1. The number of phenols is 1. The molecule has 0 amide bonds. The summed E-state index contributed by atoms with van der Waals surface area (Å²) in [4.78, 5) is 18.1. The standard InChI is InChI=1S/C27H32FN5O2/c1-26-11-5-12-27(2,16-26)24(28)20(15-26)32(3)22-9-8-19(30-31-22)18-7-6-17(14-21(18)34)25-29-13-10-23(35)33(25)4/h6-10,13-14,20,24,34H,5,11-12,15-16H2,1-4H3/t20-,24+,26-,27-/m1/s1. The Balaban J connectivity index is 1.39. The van der Waals surface area contributed by atoms with Crippen LogP contribution in [0.3, 0.4) is 0 Å². The summed E-state index contributed by atoms with van der Waals surface area (Å²) in [6.07, 6.45) is 5.46. The van der Waals surface area contributed by atoms with Crippen LogP contribution in [-0.4, -0.2) is 44.1 Å². The molecule has 2 heterocycles. The van der Waals surface area contributed by atoms with E-state index in [-0.39, 0.29) is 28.2 Å². The van der Waals surface area contributed by atoms with Crippen molar-refractivity contribution < 1.29 is 9.50 Å². The molecule has 2 bridgehead atoms. The smallest absolute Gasteiger partial charge is 0.253 e. The Labute approximate surface area is 204 Å². The summed E-state index contributed by atoms with van der Waals surface area (Å²) in [6, 6.07) is 9.86. The molecule has 3 aromatic rings. The van der Waals surface area contributed by atoms with Gasteiger partial charge in [0.15, 0.2) is 5.82 Å². The van der Waals surface area contributed by atoms with E-state index in [1.54, 1.807) is 31.3 Å². The van der Waals surface area contributed by atoms with E-state index in [1.807, 2.05) is 18.0 Å². The molecule has 0 radical (unpaired) electrons. The Kier molecular flexibility index (Phi) is 5.65. The summed E-state index contributed by atoms with van der Waals surface area (Å²) in [6.45, 7) is 4.39. The van der Waals surface area contributed by atoms with E-state index in [2.05, 4.69) is 29.0 Å². The summed E-state index contributed by atoms with van der Waals surface area (Å²) in [5.74, 6) is 1.09. The lowest BCUT2D eigenvalue weighted by Crippen LogP contribution is -2.57. The highest BCUT2D eigenvalue weighted by Gasteiger charge is 2.54. The van der Waals surface area contributed by atoms with Crippen LogP contribution in [0.5, 0.6) is 5.75 Å². The maximum absolute atomic E-state index is 15.7. The van der Waals surface area contributed by atoms with Gasteiger partial charge in [0.2, 0.25) is 0 Å². The van der Waals surface area contributed by atoms with Crippen molar-refractivity contribution in [3.8, 4) is 28.4 Å². The van der Waals surface area contributed by atoms with Crippen LogP contribution in [0.15, 0.2) is 47.4 Å². The molecule has 0 aliphatic heterocycles. The van der Waals surface area contributed by atoms with Gasteiger partial charge in [0.25, 0.3) is 5.56 Å². The van der Waals surface area contributed by atoms with Crippen molar-refractivity contribution >= 4 is 5.82 Å². The summed E-state index contributed by atoms with van der Waals surface area (Å²) in [7, 11) is 3.54. The van der Waals surface area contributed by atoms with Gasteiger partial charge in [0, 0.05) is 42.9 Å². The van der Waals surface area contributed by atoms with Crippen LogP contribution in [-0.2, 0) is 7.05 Å². The topological polar surface area (TPSA) is 84.1 Å². The number of rotatable bonds is 4. The van der Waals surface area contributed by atoms with Crippen molar-refractivity contribution in [3.05, 3.63) is 52.9 Å². The molecule has 5 rings (SSSR count). The molecule has 0 spiro atoms. The average molecular weight is 478 g/mol. The molecule has 8 heteroatoms. The largest absolute Gasteiger partial charge is 0.507 e. The Morgan fingerprint density at radius 1 is 1.14 bits per heavy atom. The van der Waals surface area contributed by atoms with Gasteiger partial charge in [-0.05, 0) is 55.4 Å². The predicted molar refractivity (Wildman–Crippen MR) is 134 cm³/mol. The first-order chi connectivity index (χ1) is 16.6. The number of halogens is 1. The lowest BCUT2D eigenvalue weighted by atomic mass is 9.54. The van der Waals surface area contributed by atoms with Crippen molar-refractivity contribution in [2.75, 3.05) is 11.9 Å². The number of aromatic hydroxyl groups is 1. The summed E-state index contributed by atoms with van der Waals surface area (Å²) in [5.41, 5.74) is 1.34. The molecular weight excluding hydrogens is 445 g/mol. The van der Waals surface area contributed by atoms with Gasteiger partial charge < -0.3 is 10.0 Å². The van der Waals surface area contributed by atoms with E-state index in [0.717, 1.165) is 32.1 Å². The Morgan fingerprint density at radius 3 is 2.66 bits per heavy atom. The van der Waals surface area contributed by atoms with E-state index in [1.165, 1.54) is 16.8 Å². The van der Waals surface area contributed by atoms with Crippen molar-refractivity contribution in [3.63, 3.8) is 0 Å². The number of anilines is 1. The van der Waals surface area contributed by atoms with Gasteiger partial charge in [-0.2, -0.15) is 0 Å². The zero-order chi connectivity index (χ0) is 25.0. The van der Waals surface area contributed by atoms with Crippen molar-refractivity contribution in [1.82, 2.24) is 19.7 Å². The van der Waals surface area contributed by atoms with E-state index in [0.29, 0.717) is 28.5 Å². The van der Waals surface area contributed by atoms with Gasteiger partial charge in [-0.1, -0.05) is 26.3 Å². The number of phenolic OH excluding ortho intramolecular Hbond substituents is 1. The molecule has 2 aliphatic carbocycles. The quantitative estimate of drug-likeness (QED) is 0.584. The first kappa shape index (κ1) is 23.5. The van der Waals surface area contributed by atoms with Crippen LogP contribution < -0.4 is 10.5 Å². The second-order valence-corrected chi connectivity index (χ2v) is 11.0. The van der Waals surface area contributed by atoms with Gasteiger partial charge in [-0.15, -0.1) is 10.2 Å². The van der Waals surface area contributed by atoms with Gasteiger partial charge in [-0.25, -0.2) is 9.37 Å². The highest BCUT2D eigenvalue weighted by molar-refractivity contribution is 5.72. The highest BCUT2D eigenvalue weighted by atomic mass is 19.1. The number of hydrogen-bond acceptors (Lipinski definition) is 6. The van der Waals surface area contributed by atoms with Gasteiger partial charge in [-0.3, -0.25) is 9.36 Å². The normalized spacial score (nSPS) is 28.0. The van der Waals surface area contributed by atoms with E-state index >= 15 is 4.39 Å². The highest BCUT2D eigenvalue weighted by Crippen LogP contribution is 2.57. The Bertz CT molecular complexity index is 1310. The molecular formula is C27H32FN5O2. The fourth-order valence-electron chi connectivity index (χ4n) is 6.34. The third kappa shape index (κ3) is 4.09. The van der Waals surface area contributed by atoms with Crippen LogP contribution in [0.2, 0.25) is 0 Å². The zero-order valence-corrected chi connectivity index (χ0v) is 20.7. The molecule has 4 atom stereocenters. The average Bonchev–Trinajstić information content (AvgIpc) is 2.83. The zero-order valence-electron chi connectivity index (χ0n) is 20.7. The van der Waals surface area contributed by atoms with Crippen molar-refractivity contribution in [2.24, 2.45) is 17.9 Å². The fraction of sp³-hybridized carbons (Fsp3) is 0.481. The minimum absolute atomic E-state index is 0.0146. The molecule has 2 fully saturated rings. The van der Waals surface area contributed by atoms with Crippen LogP contribution in [0.1, 0.15) is 46.0 Å². The lowest BCUT2D eigenvalue weighted by Gasteiger charge is -2.55. The predicted octanol–water partition coefficient (Wildman–Crippen LogP) is 4.74. The molecule has 0 saturated heterocycles. The van der Waals surface area contributed by atoms with Gasteiger partial charge in [0.1, 0.15) is 17.7 Å². The van der Waals surface area contributed by atoms with E-state index < -0.39 is 6.17 Å². The van der Waals surface area contributed by atoms with E-state index in [4.69, 9.17) is 0 Å². The van der Waals surface area contributed by atoms with Gasteiger partial charge in [0.05, 0.1) is 11.7 Å². The maximum Gasteiger partial charge on any atom is 0.253 e. The number of nitrogens with zero attached hydrogens (tertiary/aromatic N) is 5. The maximum atomic E-state index is 15.7. The Morgan fingerprint density at radius 2 is 1.94 bits per heavy atom. The molecule has 7 nitrogen and oxygen atoms in total. The number of fused-ring (bicyclic) bond motifs is 2. The van der Waals surface area contributed by atoms with Crippen LogP contribution >= 0.6 is 0 Å². The second-order valence-electron chi connectivity index (χ2n) is 11.0. The number of aromatic nitrogens is 4. The van der Waals surface area contributed by atoms with Crippen molar-refractivity contribution in [1.29, 1.82) is 0 Å². The third-order valence-corrected chi connectivity index (χ3v) is 8.17. The minimum atomic E-state index is -0.915. The number of hydrogen-bond donors (Lipinski definition) is 1. The minimum Gasteiger partial charge on any atom is -0.507 e. The summed E-state index contributed by atoms with van der Waals surface area (Å²) < 4.78 is 17.1. The molecule has 1 N–H and O–H groups in total. The molecule has 184 valence electrons. The molecule has 2 aromatic heterocycles. The molecule has 2 saturated carbocycles. The summed E-state index contributed by atoms with van der Waals surface area (Å²) in [5, 5.41) is 19.4. The first-order valence-corrected chi connectivity index (χ1v) is 12.2. The first-order valence-electron chi connectivity index (χ1n) is 12.2. The third-order valence-electron chi connectivity index (χ3n) is 8.17. The van der Waals surface area contributed by atoms with E-state index in [9.17, 15) is 9.90 Å². The summed E-state index contributed by atoms with van der Waals surface area (Å²) >= 11 is 0. The fourth-order valence-corrected chi connectivity index (χ4v) is 6.34. The van der Waals surface area contributed by atoms with Crippen LogP contribution in [0.4, 0.5) is 10.2 Å². The van der Waals surface area contributed by atoms with Gasteiger partial charge >= 0.3 is 0 Å². The van der Waals surface area contributed by atoms with Crippen molar-refractivity contribution in [2.45, 2.75) is 58.2 Å². The molecule has 35 heavy (non-hydrogen) atoms. The lowest BCUT2D eigenvalue weighted by molar-refractivity contribution is -0.0540. The van der Waals surface area contributed by atoms with Crippen LogP contribution in [0, 0.1) is 10.8 Å². The SMILES string of the molecule is CN(c1ccc(-c2ccc(-c3nccc(=O)n3C)cc2O)nn1)[C@@H]1C[C@@]2(C)CCC[C@](C)(C2)[C@H]1F. The Hall–Kier alpha value is -3.29. The molecule has 0 unspecified atom stereocenters. The molecule has 2 aliphatic rings. The molecule has 1 aromatic carbocycles. The monoisotopic (exact) mass is 477 g/mol. The second kappa shape index (κ2) is 8.43. The number of benzene rings is 1.